The minimum absolute atomic E-state index is 0.228. The first kappa shape index (κ1) is 17.5. The summed E-state index contributed by atoms with van der Waals surface area (Å²) in [5, 5.41) is 7.14. The molecule has 0 aliphatic carbocycles. The zero-order valence-corrected chi connectivity index (χ0v) is 14.8. The van der Waals surface area contributed by atoms with Gasteiger partial charge < -0.3 is 14.8 Å². The largest absolute Gasteiger partial charge is 0.493 e. The fourth-order valence-electron chi connectivity index (χ4n) is 2.62. The molecule has 0 radical (unpaired) electrons. The fourth-order valence-corrected chi connectivity index (χ4v) is 2.62. The second-order valence-electron chi connectivity index (χ2n) is 5.75. The predicted octanol–water partition coefficient (Wildman–Crippen LogP) is 3.40. The Hall–Kier alpha value is -3.28. The number of benzene rings is 2. The van der Waals surface area contributed by atoms with E-state index in [1.54, 1.807) is 31.5 Å². The molecule has 0 saturated carbocycles. The van der Waals surface area contributed by atoms with Gasteiger partial charge in [0.25, 0.3) is 5.91 Å². The summed E-state index contributed by atoms with van der Waals surface area (Å²) in [7, 11) is 3.09. The molecular weight excluding hydrogens is 330 g/mol. The third-order valence-corrected chi connectivity index (χ3v) is 4.01. The molecule has 6 heteroatoms. The summed E-state index contributed by atoms with van der Waals surface area (Å²) in [6, 6.07) is 15.3. The third kappa shape index (κ3) is 4.22. The molecule has 134 valence electrons. The van der Waals surface area contributed by atoms with Crippen LogP contribution in [0.2, 0.25) is 0 Å². The smallest absolute Gasteiger partial charge is 0.255 e. The maximum atomic E-state index is 12.4. The number of hydrogen-bond acceptors (Lipinski definition) is 4. The minimum Gasteiger partial charge on any atom is -0.493 e. The summed E-state index contributed by atoms with van der Waals surface area (Å²) in [6.45, 7) is 0.746. The van der Waals surface area contributed by atoms with Crippen LogP contribution in [0.1, 0.15) is 15.9 Å². The van der Waals surface area contributed by atoms with Crippen LogP contribution in [0.25, 0.3) is 0 Å². The van der Waals surface area contributed by atoms with Crippen molar-refractivity contribution in [2.75, 3.05) is 19.5 Å². The highest BCUT2D eigenvalue weighted by Crippen LogP contribution is 2.27. The lowest BCUT2D eigenvalue weighted by Gasteiger charge is -2.09. The van der Waals surface area contributed by atoms with Gasteiger partial charge in [0.2, 0.25) is 0 Å². The molecule has 0 aliphatic rings. The van der Waals surface area contributed by atoms with Crippen LogP contribution in [0.5, 0.6) is 11.5 Å². The van der Waals surface area contributed by atoms with Crippen LogP contribution in [0, 0.1) is 0 Å². The number of carbonyl (C=O) groups excluding carboxylic acids is 1. The molecule has 0 spiro atoms. The van der Waals surface area contributed by atoms with Crippen molar-refractivity contribution in [1.29, 1.82) is 0 Å². The Labute approximate surface area is 152 Å². The first-order valence-electron chi connectivity index (χ1n) is 8.29. The number of aryl methyl sites for hydroxylation is 2. The number of ether oxygens (including phenoxy) is 2. The van der Waals surface area contributed by atoms with Crippen molar-refractivity contribution in [2.24, 2.45) is 0 Å². The molecule has 1 N–H and O–H groups in total. The molecule has 1 amide bonds. The summed E-state index contributed by atoms with van der Waals surface area (Å²) in [5.74, 6) is 0.866. The molecule has 0 aliphatic heterocycles. The molecule has 1 aromatic heterocycles. The molecule has 0 saturated heterocycles. The van der Waals surface area contributed by atoms with E-state index in [4.69, 9.17) is 9.47 Å². The Bertz CT molecular complexity index is 875. The Morgan fingerprint density at radius 2 is 1.85 bits per heavy atom. The van der Waals surface area contributed by atoms with Gasteiger partial charge in [-0.25, -0.2) is 0 Å². The maximum Gasteiger partial charge on any atom is 0.255 e. The van der Waals surface area contributed by atoms with Crippen molar-refractivity contribution in [3.05, 3.63) is 72.1 Å². The first-order chi connectivity index (χ1) is 12.7. The van der Waals surface area contributed by atoms with E-state index >= 15 is 0 Å². The van der Waals surface area contributed by atoms with Gasteiger partial charge in [-0.3, -0.25) is 9.48 Å². The van der Waals surface area contributed by atoms with Crippen LogP contribution in [-0.2, 0) is 13.0 Å². The molecule has 2 aromatic carbocycles. The lowest BCUT2D eigenvalue weighted by molar-refractivity contribution is 0.102. The van der Waals surface area contributed by atoms with Gasteiger partial charge in [-0.05, 0) is 30.2 Å². The van der Waals surface area contributed by atoms with E-state index in [1.165, 1.54) is 12.7 Å². The van der Waals surface area contributed by atoms with Crippen molar-refractivity contribution < 1.29 is 14.3 Å². The fraction of sp³-hybridized carbons (Fsp3) is 0.200. The van der Waals surface area contributed by atoms with E-state index in [0.29, 0.717) is 22.7 Å². The second kappa shape index (κ2) is 8.20. The van der Waals surface area contributed by atoms with Crippen LogP contribution < -0.4 is 14.8 Å². The van der Waals surface area contributed by atoms with E-state index in [-0.39, 0.29) is 5.91 Å². The van der Waals surface area contributed by atoms with E-state index in [2.05, 4.69) is 22.5 Å². The average molecular weight is 351 g/mol. The van der Waals surface area contributed by atoms with Crippen molar-refractivity contribution >= 4 is 11.6 Å². The van der Waals surface area contributed by atoms with Gasteiger partial charge in [-0.15, -0.1) is 0 Å². The van der Waals surface area contributed by atoms with Crippen LogP contribution >= 0.6 is 0 Å². The van der Waals surface area contributed by atoms with Gasteiger partial charge in [-0.1, -0.05) is 30.3 Å². The lowest BCUT2D eigenvalue weighted by atomic mass is 10.1. The topological polar surface area (TPSA) is 65.4 Å². The summed E-state index contributed by atoms with van der Waals surface area (Å²) in [5.41, 5.74) is 2.39. The number of nitrogens with one attached hydrogen (secondary N) is 1. The highest BCUT2D eigenvalue weighted by molar-refractivity contribution is 6.04. The van der Waals surface area contributed by atoms with Gasteiger partial charge in [0.05, 0.1) is 26.1 Å². The number of hydrogen-bond donors (Lipinski definition) is 1. The van der Waals surface area contributed by atoms with Crippen LogP contribution in [-0.4, -0.2) is 29.9 Å². The van der Waals surface area contributed by atoms with Crippen molar-refractivity contribution in [1.82, 2.24) is 9.78 Å². The summed E-state index contributed by atoms with van der Waals surface area (Å²) in [6.07, 6.45) is 4.34. The molecule has 0 bridgehead atoms. The summed E-state index contributed by atoms with van der Waals surface area (Å²) < 4.78 is 12.2. The van der Waals surface area contributed by atoms with Gasteiger partial charge >= 0.3 is 0 Å². The van der Waals surface area contributed by atoms with Crippen molar-refractivity contribution in [2.45, 2.75) is 13.0 Å². The molecule has 6 nitrogen and oxygen atoms in total. The monoisotopic (exact) mass is 351 g/mol. The number of rotatable bonds is 7. The van der Waals surface area contributed by atoms with Crippen LogP contribution in [0.3, 0.4) is 0 Å². The normalized spacial score (nSPS) is 10.4. The molecule has 0 atom stereocenters. The highest BCUT2D eigenvalue weighted by Gasteiger charge is 2.12. The molecular formula is C20H21N3O3. The number of methoxy groups -OCH3 is 2. The first-order valence-corrected chi connectivity index (χ1v) is 8.29. The van der Waals surface area contributed by atoms with E-state index < -0.39 is 0 Å². The molecule has 26 heavy (non-hydrogen) atoms. The maximum absolute atomic E-state index is 12.4. The quantitative estimate of drug-likeness (QED) is 0.709. The Kier molecular flexibility index (Phi) is 5.53. The van der Waals surface area contributed by atoms with Crippen molar-refractivity contribution in [3.63, 3.8) is 0 Å². The lowest BCUT2D eigenvalue weighted by Crippen LogP contribution is -2.11. The Balaban J connectivity index is 1.62. The summed E-state index contributed by atoms with van der Waals surface area (Å²) in [4.78, 5) is 12.4. The zero-order chi connectivity index (χ0) is 18.4. The third-order valence-electron chi connectivity index (χ3n) is 4.01. The number of carbonyl (C=O) groups is 1. The van der Waals surface area contributed by atoms with Gasteiger partial charge in [0, 0.05) is 18.3 Å². The predicted molar refractivity (Wildman–Crippen MR) is 99.9 cm³/mol. The minimum atomic E-state index is -0.228. The Morgan fingerprint density at radius 1 is 1.08 bits per heavy atom. The Morgan fingerprint density at radius 3 is 2.58 bits per heavy atom. The molecule has 3 aromatic rings. The summed E-state index contributed by atoms with van der Waals surface area (Å²) >= 11 is 0. The average Bonchev–Trinajstić information content (AvgIpc) is 3.13. The number of aromatic nitrogens is 2. The molecule has 3 rings (SSSR count). The van der Waals surface area contributed by atoms with Gasteiger partial charge in [0.1, 0.15) is 0 Å². The molecule has 0 fully saturated rings. The van der Waals surface area contributed by atoms with E-state index in [1.807, 2.05) is 29.1 Å². The van der Waals surface area contributed by atoms with Gasteiger partial charge in [-0.2, -0.15) is 5.10 Å². The SMILES string of the molecule is COc1ccc(C(=O)Nc2cnn(CCc3ccccc3)c2)cc1OC. The van der Waals surface area contributed by atoms with Crippen LogP contribution in [0.4, 0.5) is 5.69 Å². The molecule has 1 heterocycles. The number of nitrogens with zero attached hydrogens (tertiary/aromatic N) is 2. The van der Waals surface area contributed by atoms with Crippen LogP contribution in [0.15, 0.2) is 60.9 Å². The highest BCUT2D eigenvalue weighted by atomic mass is 16.5. The number of anilines is 1. The van der Waals surface area contributed by atoms with E-state index in [9.17, 15) is 4.79 Å². The second-order valence-corrected chi connectivity index (χ2v) is 5.75. The molecule has 0 unspecified atom stereocenters. The standard InChI is InChI=1S/C20H21N3O3/c1-25-18-9-8-16(12-19(18)26-2)20(24)22-17-13-21-23(14-17)11-10-15-6-4-3-5-7-15/h3-9,12-14H,10-11H2,1-2H3,(H,22,24). The van der Waals surface area contributed by atoms with Crippen molar-refractivity contribution in [3.8, 4) is 11.5 Å². The number of amides is 1. The zero-order valence-electron chi connectivity index (χ0n) is 14.8. The van der Waals surface area contributed by atoms with Gasteiger partial charge in [0.15, 0.2) is 11.5 Å². The van der Waals surface area contributed by atoms with E-state index in [0.717, 1.165) is 13.0 Å².